The molecule has 2 heteroatoms. The molecular weight excluding hydrogens is 136 g/mol. The number of hydrogen-bond acceptors (Lipinski definition) is 2. The van der Waals surface area contributed by atoms with E-state index in [2.05, 4.69) is 19.7 Å². The molecule has 1 heterocycles. The summed E-state index contributed by atoms with van der Waals surface area (Å²) in [6.07, 6.45) is 7.36. The van der Waals surface area contributed by atoms with Crippen LogP contribution in [0.1, 0.15) is 26.2 Å². The van der Waals surface area contributed by atoms with Gasteiger partial charge in [0, 0.05) is 12.1 Å². The van der Waals surface area contributed by atoms with E-state index < -0.39 is 0 Å². The van der Waals surface area contributed by atoms with Gasteiger partial charge in [-0.25, -0.2) is 0 Å². The van der Waals surface area contributed by atoms with Gasteiger partial charge in [-0.1, -0.05) is 6.08 Å². The summed E-state index contributed by atoms with van der Waals surface area (Å²) in [4.78, 5) is 1.89. The molecule has 0 spiro atoms. The van der Waals surface area contributed by atoms with Crippen LogP contribution in [0.2, 0.25) is 0 Å². The summed E-state index contributed by atoms with van der Waals surface area (Å²) in [7, 11) is 0. The second-order valence-corrected chi connectivity index (χ2v) is 3.11. The molecule has 2 atom stereocenters. The van der Waals surface area contributed by atoms with Crippen LogP contribution in [0.5, 0.6) is 0 Å². The number of nitrogens with zero attached hydrogens (tertiary/aromatic N) is 2. The first-order valence-corrected chi connectivity index (χ1v) is 4.08. The van der Waals surface area contributed by atoms with E-state index >= 15 is 0 Å². The lowest BCUT2D eigenvalue weighted by Gasteiger charge is -2.20. The van der Waals surface area contributed by atoms with Crippen molar-refractivity contribution < 1.29 is 0 Å². The van der Waals surface area contributed by atoms with Crippen LogP contribution in [-0.2, 0) is 0 Å². The van der Waals surface area contributed by atoms with E-state index in [1.807, 2.05) is 11.0 Å². The molecule has 2 nitrogen and oxygen atoms in total. The van der Waals surface area contributed by atoms with Crippen LogP contribution in [0, 0.1) is 11.5 Å². The van der Waals surface area contributed by atoms with Crippen LogP contribution >= 0.6 is 0 Å². The van der Waals surface area contributed by atoms with Gasteiger partial charge in [0.15, 0.2) is 6.19 Å². The highest BCUT2D eigenvalue weighted by atomic mass is 15.2. The lowest BCUT2D eigenvalue weighted by Crippen LogP contribution is -2.29. The summed E-state index contributed by atoms with van der Waals surface area (Å²) in [5.74, 6) is 0. The molecule has 1 fully saturated rings. The van der Waals surface area contributed by atoms with E-state index in [4.69, 9.17) is 5.26 Å². The molecule has 2 unspecified atom stereocenters. The Labute approximate surface area is 68.1 Å². The van der Waals surface area contributed by atoms with Crippen LogP contribution < -0.4 is 0 Å². The zero-order chi connectivity index (χ0) is 8.27. The summed E-state index contributed by atoms with van der Waals surface area (Å²) in [6.45, 7) is 5.79. The van der Waals surface area contributed by atoms with E-state index in [1.165, 1.54) is 0 Å². The zero-order valence-electron chi connectivity index (χ0n) is 6.95. The third kappa shape index (κ3) is 1.54. The van der Waals surface area contributed by atoms with Crippen molar-refractivity contribution in [2.75, 3.05) is 0 Å². The summed E-state index contributed by atoms with van der Waals surface area (Å²) >= 11 is 0. The Balaban J connectivity index is 2.55. The summed E-state index contributed by atoms with van der Waals surface area (Å²) in [5, 5.41) is 8.78. The fraction of sp³-hybridized carbons (Fsp3) is 0.667. The average molecular weight is 150 g/mol. The van der Waals surface area contributed by atoms with Crippen molar-refractivity contribution >= 4 is 0 Å². The normalized spacial score (nSPS) is 30.0. The van der Waals surface area contributed by atoms with Gasteiger partial charge in [0.1, 0.15) is 0 Å². The third-order valence-corrected chi connectivity index (χ3v) is 2.34. The molecule has 1 rings (SSSR count). The van der Waals surface area contributed by atoms with Gasteiger partial charge in [-0.15, -0.1) is 6.58 Å². The van der Waals surface area contributed by atoms with E-state index in [0.29, 0.717) is 12.1 Å². The molecule has 0 amide bonds. The predicted octanol–water partition coefficient (Wildman–Crippen LogP) is 1.90. The van der Waals surface area contributed by atoms with Gasteiger partial charge in [-0.05, 0) is 26.2 Å². The van der Waals surface area contributed by atoms with Gasteiger partial charge in [0.05, 0.1) is 0 Å². The monoisotopic (exact) mass is 150 g/mol. The van der Waals surface area contributed by atoms with Gasteiger partial charge < -0.3 is 4.90 Å². The van der Waals surface area contributed by atoms with E-state index in [1.54, 1.807) is 0 Å². The first-order valence-electron chi connectivity index (χ1n) is 4.08. The van der Waals surface area contributed by atoms with Gasteiger partial charge in [0.2, 0.25) is 0 Å². The molecule has 0 aromatic rings. The minimum absolute atomic E-state index is 0.424. The summed E-state index contributed by atoms with van der Waals surface area (Å²) in [5.41, 5.74) is 0. The van der Waals surface area contributed by atoms with Crippen molar-refractivity contribution in [3.05, 3.63) is 12.7 Å². The minimum atomic E-state index is 0.424. The van der Waals surface area contributed by atoms with Crippen LogP contribution in [0.25, 0.3) is 0 Å². The standard InChI is InChI=1S/C9H14N2/c1-3-4-9-6-5-8(2)11(9)7-10/h3,8-9H,1,4-6H2,2H3. The molecule has 0 N–H and O–H groups in total. The fourth-order valence-electron chi connectivity index (χ4n) is 1.68. The Morgan fingerprint density at radius 2 is 2.45 bits per heavy atom. The maximum Gasteiger partial charge on any atom is 0.179 e. The third-order valence-electron chi connectivity index (χ3n) is 2.34. The molecule has 0 radical (unpaired) electrons. The number of likely N-dealkylation sites (tertiary alicyclic amines) is 1. The van der Waals surface area contributed by atoms with Crippen molar-refractivity contribution in [3.63, 3.8) is 0 Å². The van der Waals surface area contributed by atoms with Gasteiger partial charge >= 0.3 is 0 Å². The van der Waals surface area contributed by atoms with E-state index in [-0.39, 0.29) is 0 Å². The van der Waals surface area contributed by atoms with Gasteiger partial charge in [0.25, 0.3) is 0 Å². The van der Waals surface area contributed by atoms with Crippen molar-refractivity contribution in [1.29, 1.82) is 5.26 Å². The SMILES string of the molecule is C=CCC1CCC(C)N1C#N. The Kier molecular flexibility index (Phi) is 2.53. The summed E-state index contributed by atoms with van der Waals surface area (Å²) < 4.78 is 0. The second-order valence-electron chi connectivity index (χ2n) is 3.11. The molecule has 1 aliphatic heterocycles. The zero-order valence-corrected chi connectivity index (χ0v) is 6.95. The molecule has 0 aromatic carbocycles. The Morgan fingerprint density at radius 1 is 1.73 bits per heavy atom. The predicted molar refractivity (Wildman–Crippen MR) is 44.8 cm³/mol. The molecule has 1 saturated heterocycles. The smallest absolute Gasteiger partial charge is 0.179 e. The average Bonchev–Trinajstić information content (AvgIpc) is 2.33. The van der Waals surface area contributed by atoms with Crippen LogP contribution in [-0.4, -0.2) is 17.0 Å². The van der Waals surface area contributed by atoms with E-state index in [9.17, 15) is 0 Å². The maximum atomic E-state index is 8.78. The highest BCUT2D eigenvalue weighted by molar-refractivity contribution is 4.95. The topological polar surface area (TPSA) is 27.0 Å². The molecular formula is C9H14N2. The van der Waals surface area contributed by atoms with Crippen LogP contribution in [0.15, 0.2) is 12.7 Å². The second kappa shape index (κ2) is 3.43. The molecule has 0 aromatic heterocycles. The largest absolute Gasteiger partial charge is 0.305 e. The molecule has 0 bridgehead atoms. The van der Waals surface area contributed by atoms with Gasteiger partial charge in [-0.3, -0.25) is 0 Å². The number of rotatable bonds is 2. The number of hydrogen-bond donors (Lipinski definition) is 0. The quantitative estimate of drug-likeness (QED) is 0.444. The van der Waals surface area contributed by atoms with Gasteiger partial charge in [-0.2, -0.15) is 5.26 Å². The lowest BCUT2D eigenvalue weighted by atomic mass is 10.1. The summed E-state index contributed by atoms with van der Waals surface area (Å²) in [6, 6.07) is 0.859. The van der Waals surface area contributed by atoms with Crippen molar-refractivity contribution in [3.8, 4) is 6.19 Å². The fourth-order valence-corrected chi connectivity index (χ4v) is 1.68. The highest BCUT2D eigenvalue weighted by Crippen LogP contribution is 2.24. The Bertz CT molecular complexity index is 180. The Morgan fingerprint density at radius 3 is 3.00 bits per heavy atom. The molecule has 0 saturated carbocycles. The van der Waals surface area contributed by atoms with Crippen molar-refractivity contribution in [1.82, 2.24) is 4.90 Å². The van der Waals surface area contributed by atoms with Crippen LogP contribution in [0.4, 0.5) is 0 Å². The minimum Gasteiger partial charge on any atom is -0.305 e. The first-order chi connectivity index (χ1) is 5.29. The van der Waals surface area contributed by atoms with Crippen LogP contribution in [0.3, 0.4) is 0 Å². The molecule has 0 aliphatic carbocycles. The molecule has 60 valence electrons. The Hall–Kier alpha value is -0.970. The van der Waals surface area contributed by atoms with E-state index in [0.717, 1.165) is 19.3 Å². The van der Waals surface area contributed by atoms with Crippen molar-refractivity contribution in [2.45, 2.75) is 38.3 Å². The lowest BCUT2D eigenvalue weighted by molar-refractivity contribution is 0.305. The maximum absolute atomic E-state index is 8.78. The first kappa shape index (κ1) is 8.13. The van der Waals surface area contributed by atoms with Crippen molar-refractivity contribution in [2.24, 2.45) is 0 Å². The highest BCUT2D eigenvalue weighted by Gasteiger charge is 2.28. The number of nitriles is 1. The molecule has 11 heavy (non-hydrogen) atoms. The molecule has 1 aliphatic rings.